The van der Waals surface area contributed by atoms with Crippen molar-refractivity contribution in [2.24, 2.45) is 5.92 Å². The molecule has 0 N–H and O–H groups in total. The number of thiophene rings is 1. The third-order valence-electron chi connectivity index (χ3n) is 6.76. The number of hydrogen-bond acceptors (Lipinski definition) is 3. The van der Waals surface area contributed by atoms with Gasteiger partial charge in [0.05, 0.1) is 6.17 Å². The fourth-order valence-electron chi connectivity index (χ4n) is 5.12. The van der Waals surface area contributed by atoms with Crippen molar-refractivity contribution in [3.63, 3.8) is 0 Å². The molecule has 3 atom stereocenters. The zero-order valence-corrected chi connectivity index (χ0v) is 19.1. The van der Waals surface area contributed by atoms with E-state index in [-0.39, 0.29) is 0 Å². The molecule has 1 fully saturated rings. The van der Waals surface area contributed by atoms with E-state index < -0.39 is 0 Å². The van der Waals surface area contributed by atoms with Gasteiger partial charge in [-0.25, -0.2) is 0 Å². The molecule has 0 bridgehead atoms. The van der Waals surface area contributed by atoms with E-state index in [9.17, 15) is 0 Å². The molecule has 0 radical (unpaired) electrons. The second-order valence-electron chi connectivity index (χ2n) is 8.65. The summed E-state index contributed by atoms with van der Waals surface area (Å²) in [6.45, 7) is 7.94. The summed E-state index contributed by atoms with van der Waals surface area (Å²) in [4.78, 5) is 6.74. The van der Waals surface area contributed by atoms with E-state index in [1.54, 1.807) is 0 Å². The minimum atomic E-state index is 0.366. The predicted molar refractivity (Wildman–Crippen MR) is 132 cm³/mol. The third kappa shape index (κ3) is 4.00. The molecule has 2 nitrogen and oxygen atoms in total. The molecule has 5 rings (SSSR count). The Morgan fingerprint density at radius 3 is 2.32 bits per heavy atom. The van der Waals surface area contributed by atoms with Crippen molar-refractivity contribution in [1.29, 1.82) is 0 Å². The van der Waals surface area contributed by atoms with E-state index in [1.165, 1.54) is 27.3 Å². The molecular formula is C28H30N2S. The van der Waals surface area contributed by atoms with Crippen LogP contribution in [0, 0.1) is 5.92 Å². The van der Waals surface area contributed by atoms with Gasteiger partial charge in [-0.3, -0.25) is 4.90 Å². The SMILES string of the molecule is CC1C=CC(c2ccccc2)=C(N2CCN(Cc3cccs3)C2C)C1c1ccccc1. The van der Waals surface area contributed by atoms with Crippen molar-refractivity contribution in [3.8, 4) is 0 Å². The second-order valence-corrected chi connectivity index (χ2v) is 9.68. The highest BCUT2D eigenvalue weighted by molar-refractivity contribution is 7.09. The van der Waals surface area contributed by atoms with Gasteiger partial charge in [0, 0.05) is 41.7 Å². The lowest BCUT2D eigenvalue weighted by atomic mass is 9.77. The Morgan fingerprint density at radius 2 is 1.61 bits per heavy atom. The van der Waals surface area contributed by atoms with E-state index in [4.69, 9.17) is 0 Å². The maximum Gasteiger partial charge on any atom is 0.0793 e. The van der Waals surface area contributed by atoms with E-state index in [0.717, 1.165) is 19.6 Å². The van der Waals surface area contributed by atoms with E-state index in [1.807, 2.05) is 11.3 Å². The summed E-state index contributed by atoms with van der Waals surface area (Å²) in [6, 6.07) is 26.4. The summed E-state index contributed by atoms with van der Waals surface area (Å²) in [6.07, 6.45) is 5.14. The van der Waals surface area contributed by atoms with Gasteiger partial charge in [0.25, 0.3) is 0 Å². The first kappa shape index (κ1) is 20.3. The first-order valence-corrected chi connectivity index (χ1v) is 12.2. The first-order valence-electron chi connectivity index (χ1n) is 11.3. The standard InChI is InChI=1S/C28H30N2S/c1-21-15-16-26(23-10-5-3-6-11-23)28(27(21)24-12-7-4-8-13-24)30-18-17-29(22(30)2)20-25-14-9-19-31-25/h3-16,19,21-22,27H,17-18,20H2,1-2H3. The number of rotatable bonds is 5. The first-order chi connectivity index (χ1) is 15.2. The topological polar surface area (TPSA) is 6.48 Å². The van der Waals surface area contributed by atoms with Gasteiger partial charge in [-0.15, -0.1) is 11.3 Å². The Labute approximate surface area is 190 Å². The Kier molecular flexibility index (Phi) is 5.80. The molecule has 0 amide bonds. The molecule has 2 aromatic carbocycles. The van der Waals surface area contributed by atoms with Gasteiger partial charge in [-0.1, -0.05) is 85.8 Å². The van der Waals surface area contributed by atoms with Crippen LogP contribution in [0.25, 0.3) is 5.57 Å². The van der Waals surface area contributed by atoms with Gasteiger partial charge in [0.15, 0.2) is 0 Å². The highest BCUT2D eigenvalue weighted by Crippen LogP contribution is 2.44. The smallest absolute Gasteiger partial charge is 0.0793 e. The molecular weight excluding hydrogens is 396 g/mol. The quantitative estimate of drug-likeness (QED) is 0.453. The van der Waals surface area contributed by atoms with Crippen LogP contribution in [0.1, 0.15) is 35.8 Å². The molecule has 3 unspecified atom stereocenters. The maximum absolute atomic E-state index is 2.67. The van der Waals surface area contributed by atoms with Gasteiger partial charge in [0.1, 0.15) is 0 Å². The van der Waals surface area contributed by atoms with E-state index >= 15 is 0 Å². The monoisotopic (exact) mass is 426 g/mol. The van der Waals surface area contributed by atoms with Crippen LogP contribution >= 0.6 is 11.3 Å². The van der Waals surface area contributed by atoms with Crippen molar-refractivity contribution < 1.29 is 0 Å². The lowest BCUT2D eigenvalue weighted by Crippen LogP contribution is -2.38. The van der Waals surface area contributed by atoms with Crippen molar-refractivity contribution in [2.45, 2.75) is 32.5 Å². The average Bonchev–Trinajstić information content (AvgIpc) is 3.45. The fraction of sp³-hybridized carbons (Fsp3) is 0.286. The van der Waals surface area contributed by atoms with Crippen LogP contribution in [0.4, 0.5) is 0 Å². The molecule has 2 aliphatic rings. The van der Waals surface area contributed by atoms with Gasteiger partial charge < -0.3 is 4.90 Å². The molecule has 3 heteroatoms. The Bertz CT molecular complexity index is 1050. The minimum absolute atomic E-state index is 0.366. The zero-order valence-electron chi connectivity index (χ0n) is 18.3. The maximum atomic E-state index is 2.67. The van der Waals surface area contributed by atoms with Crippen molar-refractivity contribution in [3.05, 3.63) is 112 Å². The molecule has 0 saturated carbocycles. The Balaban J connectivity index is 1.57. The molecule has 3 aromatic rings. The Hall–Kier alpha value is -2.62. The van der Waals surface area contributed by atoms with Crippen LogP contribution < -0.4 is 0 Å². The molecule has 1 aliphatic heterocycles. The lowest BCUT2D eigenvalue weighted by Gasteiger charge is -2.39. The summed E-state index contributed by atoms with van der Waals surface area (Å²) >= 11 is 1.86. The van der Waals surface area contributed by atoms with Gasteiger partial charge in [0.2, 0.25) is 0 Å². The zero-order chi connectivity index (χ0) is 21.2. The van der Waals surface area contributed by atoms with Crippen molar-refractivity contribution in [2.75, 3.05) is 13.1 Å². The third-order valence-corrected chi connectivity index (χ3v) is 7.62. The summed E-state index contributed by atoms with van der Waals surface area (Å²) in [5.74, 6) is 0.828. The van der Waals surface area contributed by atoms with E-state index in [0.29, 0.717) is 18.0 Å². The van der Waals surface area contributed by atoms with Gasteiger partial charge >= 0.3 is 0 Å². The van der Waals surface area contributed by atoms with Crippen molar-refractivity contribution >= 4 is 16.9 Å². The van der Waals surface area contributed by atoms with Crippen LogP contribution in [-0.4, -0.2) is 29.1 Å². The highest BCUT2D eigenvalue weighted by atomic mass is 32.1. The number of nitrogens with zero attached hydrogens (tertiary/aromatic N) is 2. The van der Waals surface area contributed by atoms with Crippen LogP contribution in [-0.2, 0) is 6.54 Å². The average molecular weight is 427 g/mol. The lowest BCUT2D eigenvalue weighted by molar-refractivity contribution is 0.168. The number of allylic oxidation sites excluding steroid dienone is 4. The summed E-state index contributed by atoms with van der Waals surface area (Å²) in [5.41, 5.74) is 5.57. The molecule has 1 saturated heterocycles. The molecule has 1 aliphatic carbocycles. The summed E-state index contributed by atoms with van der Waals surface area (Å²) in [7, 11) is 0. The Morgan fingerprint density at radius 1 is 0.871 bits per heavy atom. The summed E-state index contributed by atoms with van der Waals surface area (Å²) in [5, 5.41) is 2.18. The van der Waals surface area contributed by atoms with E-state index in [2.05, 4.69) is 114 Å². The van der Waals surface area contributed by atoms with Crippen LogP contribution in [0.15, 0.2) is 96.0 Å². The molecule has 158 valence electrons. The molecule has 31 heavy (non-hydrogen) atoms. The molecule has 0 spiro atoms. The largest absolute Gasteiger partial charge is 0.357 e. The number of hydrogen-bond donors (Lipinski definition) is 0. The normalized spacial score (nSPS) is 24.2. The second kappa shape index (κ2) is 8.86. The van der Waals surface area contributed by atoms with Crippen molar-refractivity contribution in [1.82, 2.24) is 9.80 Å². The molecule has 1 aromatic heterocycles. The minimum Gasteiger partial charge on any atom is -0.357 e. The predicted octanol–water partition coefficient (Wildman–Crippen LogP) is 6.61. The fourth-order valence-corrected chi connectivity index (χ4v) is 5.85. The highest BCUT2D eigenvalue weighted by Gasteiger charge is 2.37. The number of benzene rings is 2. The van der Waals surface area contributed by atoms with Gasteiger partial charge in [-0.2, -0.15) is 0 Å². The van der Waals surface area contributed by atoms with Crippen LogP contribution in [0.3, 0.4) is 0 Å². The van der Waals surface area contributed by atoms with Crippen LogP contribution in [0.2, 0.25) is 0 Å². The van der Waals surface area contributed by atoms with Crippen LogP contribution in [0.5, 0.6) is 0 Å². The van der Waals surface area contributed by atoms with Gasteiger partial charge in [-0.05, 0) is 35.4 Å². The summed E-state index contributed by atoms with van der Waals surface area (Å²) < 4.78 is 0. The molecule has 2 heterocycles.